The summed E-state index contributed by atoms with van der Waals surface area (Å²) >= 11 is 0. The fourth-order valence-electron chi connectivity index (χ4n) is 1.46. The zero-order valence-corrected chi connectivity index (χ0v) is 10.6. The van der Waals surface area contributed by atoms with Gasteiger partial charge in [-0.15, -0.1) is 0 Å². The van der Waals surface area contributed by atoms with E-state index in [4.69, 9.17) is 9.47 Å². The smallest absolute Gasteiger partial charge is 0.224 e. The Morgan fingerprint density at radius 3 is 2.65 bits per heavy atom. The summed E-state index contributed by atoms with van der Waals surface area (Å²) in [6.45, 7) is 2.05. The topological polar surface area (TPSA) is 47.6 Å². The van der Waals surface area contributed by atoms with Crippen LogP contribution >= 0.6 is 0 Å². The Morgan fingerprint density at radius 1 is 1.29 bits per heavy atom. The zero-order chi connectivity index (χ0) is 12.7. The summed E-state index contributed by atoms with van der Waals surface area (Å²) in [5.74, 6) is 1.32. The number of rotatable bonds is 6. The van der Waals surface area contributed by atoms with Crippen LogP contribution in [0.5, 0.6) is 11.5 Å². The maximum absolute atomic E-state index is 11.6. The van der Waals surface area contributed by atoms with Crippen LogP contribution in [0.4, 0.5) is 5.69 Å². The van der Waals surface area contributed by atoms with E-state index in [2.05, 4.69) is 12.2 Å². The van der Waals surface area contributed by atoms with E-state index in [9.17, 15) is 4.79 Å². The van der Waals surface area contributed by atoms with E-state index in [1.807, 2.05) is 0 Å². The lowest BCUT2D eigenvalue weighted by molar-refractivity contribution is -0.116. The van der Waals surface area contributed by atoms with Gasteiger partial charge in [0, 0.05) is 12.5 Å². The number of amides is 1. The zero-order valence-electron chi connectivity index (χ0n) is 10.6. The van der Waals surface area contributed by atoms with Gasteiger partial charge >= 0.3 is 0 Å². The molecule has 0 aliphatic carbocycles. The lowest BCUT2D eigenvalue weighted by atomic mass is 10.2. The van der Waals surface area contributed by atoms with Crippen molar-refractivity contribution in [1.29, 1.82) is 0 Å². The predicted molar refractivity (Wildman–Crippen MR) is 67.7 cm³/mol. The van der Waals surface area contributed by atoms with Crippen molar-refractivity contribution >= 4 is 11.6 Å². The van der Waals surface area contributed by atoms with Gasteiger partial charge in [0.15, 0.2) is 0 Å². The number of unbranched alkanes of at least 4 members (excludes halogenated alkanes) is 1. The molecule has 0 heterocycles. The molecule has 0 saturated carbocycles. The van der Waals surface area contributed by atoms with Gasteiger partial charge in [-0.2, -0.15) is 0 Å². The third-order valence-corrected chi connectivity index (χ3v) is 2.44. The van der Waals surface area contributed by atoms with Crippen LogP contribution in [0.3, 0.4) is 0 Å². The highest BCUT2D eigenvalue weighted by Crippen LogP contribution is 2.28. The van der Waals surface area contributed by atoms with Gasteiger partial charge in [-0.05, 0) is 18.6 Å². The summed E-state index contributed by atoms with van der Waals surface area (Å²) in [6.07, 6.45) is 2.41. The second kappa shape index (κ2) is 6.78. The van der Waals surface area contributed by atoms with E-state index in [0.717, 1.165) is 12.8 Å². The summed E-state index contributed by atoms with van der Waals surface area (Å²) in [6, 6.07) is 5.32. The summed E-state index contributed by atoms with van der Waals surface area (Å²) in [7, 11) is 3.16. The number of carbonyl (C=O) groups is 1. The minimum Gasteiger partial charge on any atom is -0.497 e. The molecule has 4 nitrogen and oxygen atoms in total. The highest BCUT2D eigenvalue weighted by molar-refractivity contribution is 5.92. The van der Waals surface area contributed by atoms with E-state index in [0.29, 0.717) is 23.6 Å². The molecule has 0 aromatic heterocycles. The summed E-state index contributed by atoms with van der Waals surface area (Å²) in [5.41, 5.74) is 0.646. The molecule has 0 saturated heterocycles. The molecule has 0 unspecified atom stereocenters. The predicted octanol–water partition coefficient (Wildman–Crippen LogP) is 2.83. The maximum Gasteiger partial charge on any atom is 0.224 e. The van der Waals surface area contributed by atoms with Crippen LogP contribution in [-0.2, 0) is 4.79 Å². The average molecular weight is 237 g/mol. The van der Waals surface area contributed by atoms with Gasteiger partial charge in [0.1, 0.15) is 11.5 Å². The first-order valence-corrected chi connectivity index (χ1v) is 5.73. The molecular weight excluding hydrogens is 218 g/mol. The van der Waals surface area contributed by atoms with Crippen LogP contribution < -0.4 is 14.8 Å². The molecule has 1 aromatic rings. The number of methoxy groups -OCH3 is 2. The highest BCUT2D eigenvalue weighted by atomic mass is 16.5. The first-order valence-electron chi connectivity index (χ1n) is 5.73. The Bertz CT molecular complexity index is 377. The Hall–Kier alpha value is -1.71. The van der Waals surface area contributed by atoms with Gasteiger partial charge in [0.25, 0.3) is 0 Å². The minimum atomic E-state index is -0.00148. The van der Waals surface area contributed by atoms with Crippen LogP contribution in [0.25, 0.3) is 0 Å². The van der Waals surface area contributed by atoms with Gasteiger partial charge in [0.2, 0.25) is 5.91 Å². The molecule has 1 aromatic carbocycles. The van der Waals surface area contributed by atoms with Crippen LogP contribution in [0, 0.1) is 0 Å². The van der Waals surface area contributed by atoms with Crippen LogP contribution in [0.2, 0.25) is 0 Å². The lowest BCUT2D eigenvalue weighted by Crippen LogP contribution is -2.11. The second-order valence-electron chi connectivity index (χ2n) is 3.72. The third-order valence-electron chi connectivity index (χ3n) is 2.44. The Morgan fingerprint density at radius 2 is 2.06 bits per heavy atom. The Kier molecular flexibility index (Phi) is 5.33. The van der Waals surface area contributed by atoms with Crippen molar-refractivity contribution in [2.24, 2.45) is 0 Å². The molecule has 0 aliphatic rings. The van der Waals surface area contributed by atoms with E-state index in [1.165, 1.54) is 0 Å². The van der Waals surface area contributed by atoms with Crippen molar-refractivity contribution in [2.75, 3.05) is 19.5 Å². The summed E-state index contributed by atoms with van der Waals surface area (Å²) < 4.78 is 10.3. The van der Waals surface area contributed by atoms with Gasteiger partial charge in [-0.25, -0.2) is 0 Å². The van der Waals surface area contributed by atoms with Gasteiger partial charge in [-0.3, -0.25) is 4.79 Å². The van der Waals surface area contributed by atoms with Crippen LogP contribution in [0.1, 0.15) is 26.2 Å². The molecule has 1 amide bonds. The molecule has 1 N–H and O–H groups in total. The van der Waals surface area contributed by atoms with Gasteiger partial charge in [-0.1, -0.05) is 13.3 Å². The van der Waals surface area contributed by atoms with Crippen molar-refractivity contribution in [3.05, 3.63) is 18.2 Å². The van der Waals surface area contributed by atoms with Gasteiger partial charge in [0.05, 0.1) is 19.9 Å². The Balaban J connectivity index is 2.76. The summed E-state index contributed by atoms with van der Waals surface area (Å²) in [5, 5.41) is 2.83. The molecule has 0 spiro atoms. The minimum absolute atomic E-state index is 0.00148. The summed E-state index contributed by atoms with van der Waals surface area (Å²) in [4.78, 5) is 11.6. The number of anilines is 1. The monoisotopic (exact) mass is 237 g/mol. The first kappa shape index (κ1) is 13.4. The van der Waals surface area contributed by atoms with Crippen molar-refractivity contribution in [2.45, 2.75) is 26.2 Å². The van der Waals surface area contributed by atoms with Crippen LogP contribution in [-0.4, -0.2) is 20.1 Å². The quantitative estimate of drug-likeness (QED) is 0.827. The van der Waals surface area contributed by atoms with Crippen molar-refractivity contribution < 1.29 is 14.3 Å². The number of nitrogens with one attached hydrogen (secondary N) is 1. The fourth-order valence-corrected chi connectivity index (χ4v) is 1.46. The molecule has 17 heavy (non-hydrogen) atoms. The van der Waals surface area contributed by atoms with E-state index in [-0.39, 0.29) is 5.91 Å². The van der Waals surface area contributed by atoms with Crippen molar-refractivity contribution in [1.82, 2.24) is 0 Å². The molecule has 4 heteroatoms. The third kappa shape index (κ3) is 3.98. The molecule has 0 radical (unpaired) electrons. The number of hydrogen-bond acceptors (Lipinski definition) is 3. The molecular formula is C13H19NO3. The van der Waals surface area contributed by atoms with Gasteiger partial charge < -0.3 is 14.8 Å². The fraction of sp³-hybridized carbons (Fsp3) is 0.462. The van der Waals surface area contributed by atoms with Crippen LogP contribution in [0.15, 0.2) is 18.2 Å². The van der Waals surface area contributed by atoms with E-state index in [1.54, 1.807) is 32.4 Å². The highest BCUT2D eigenvalue weighted by Gasteiger charge is 2.08. The molecule has 0 atom stereocenters. The maximum atomic E-state index is 11.6. The Labute approximate surface area is 102 Å². The number of carbonyl (C=O) groups excluding carboxylic acids is 1. The molecule has 0 aliphatic heterocycles. The second-order valence-corrected chi connectivity index (χ2v) is 3.72. The molecule has 1 rings (SSSR count). The van der Waals surface area contributed by atoms with E-state index >= 15 is 0 Å². The lowest BCUT2D eigenvalue weighted by Gasteiger charge is -2.11. The number of hydrogen-bond donors (Lipinski definition) is 1. The number of ether oxygens (including phenoxy) is 2. The molecule has 94 valence electrons. The van der Waals surface area contributed by atoms with Crippen molar-refractivity contribution in [3.63, 3.8) is 0 Å². The molecule has 0 bridgehead atoms. The van der Waals surface area contributed by atoms with Crippen molar-refractivity contribution in [3.8, 4) is 11.5 Å². The SMILES string of the molecule is CCCCC(=O)Nc1cc(OC)ccc1OC. The molecule has 0 fully saturated rings. The average Bonchev–Trinajstić information content (AvgIpc) is 2.36. The standard InChI is InChI=1S/C13H19NO3/c1-4-5-6-13(15)14-11-9-10(16-2)7-8-12(11)17-3/h7-9H,4-6H2,1-3H3,(H,14,15). The number of benzene rings is 1. The first-order chi connectivity index (χ1) is 8.21. The van der Waals surface area contributed by atoms with E-state index < -0.39 is 0 Å². The largest absolute Gasteiger partial charge is 0.497 e. The normalized spacial score (nSPS) is 9.82.